The highest BCUT2D eigenvalue weighted by Crippen LogP contribution is 2.24. The summed E-state index contributed by atoms with van der Waals surface area (Å²) in [6.45, 7) is 4.31. The van der Waals surface area contributed by atoms with E-state index in [4.69, 9.17) is 11.6 Å². The van der Waals surface area contributed by atoms with Crippen molar-refractivity contribution in [2.75, 3.05) is 19.6 Å². The normalized spacial score (nSPS) is 27.2. The van der Waals surface area contributed by atoms with Crippen LogP contribution in [0, 0.1) is 5.92 Å². The summed E-state index contributed by atoms with van der Waals surface area (Å²) in [6, 6.07) is 8.79. The first kappa shape index (κ1) is 17.2. The molecule has 1 saturated carbocycles. The lowest BCUT2D eigenvalue weighted by Gasteiger charge is -2.34. The van der Waals surface area contributed by atoms with Gasteiger partial charge < -0.3 is 10.4 Å². The van der Waals surface area contributed by atoms with Gasteiger partial charge in [-0.3, -0.25) is 4.90 Å². The van der Waals surface area contributed by atoms with E-state index in [1.54, 1.807) is 0 Å². The summed E-state index contributed by atoms with van der Waals surface area (Å²) >= 11 is 6.26. The Bertz CT molecular complexity index is 488. The summed E-state index contributed by atoms with van der Waals surface area (Å²) in [4.78, 5) is 2.50. The molecule has 3 rings (SSSR count). The van der Waals surface area contributed by atoms with E-state index < -0.39 is 0 Å². The van der Waals surface area contributed by atoms with Gasteiger partial charge in [-0.1, -0.05) is 36.2 Å². The van der Waals surface area contributed by atoms with Crippen LogP contribution in [0.5, 0.6) is 0 Å². The van der Waals surface area contributed by atoms with E-state index >= 15 is 0 Å². The van der Waals surface area contributed by atoms with Crippen LogP contribution in [0.3, 0.4) is 0 Å². The van der Waals surface area contributed by atoms with E-state index in [0.29, 0.717) is 12.0 Å². The van der Waals surface area contributed by atoms with E-state index in [-0.39, 0.29) is 6.10 Å². The van der Waals surface area contributed by atoms with Gasteiger partial charge in [0, 0.05) is 17.6 Å². The molecule has 2 unspecified atom stereocenters. The molecule has 3 nitrogen and oxygen atoms in total. The molecule has 1 aromatic carbocycles. The van der Waals surface area contributed by atoms with Crippen LogP contribution in [0.15, 0.2) is 24.3 Å². The van der Waals surface area contributed by atoms with Crippen molar-refractivity contribution >= 4 is 11.6 Å². The van der Waals surface area contributed by atoms with Crippen molar-refractivity contribution < 1.29 is 5.11 Å². The Labute approximate surface area is 145 Å². The first-order valence-electron chi connectivity index (χ1n) is 9.08. The number of likely N-dealkylation sites (tertiary alicyclic amines) is 1. The molecule has 2 atom stereocenters. The van der Waals surface area contributed by atoms with E-state index in [9.17, 15) is 5.11 Å². The maximum absolute atomic E-state index is 9.77. The number of nitrogens with one attached hydrogen (secondary N) is 1. The standard InChI is InChI=1S/C19H29ClN2O/c20-19-7-2-1-5-16(19)14-22-10-8-17(9-11-22)21-13-15-4-3-6-18(23)12-15/h1-2,5,7,15,17-18,21,23H,3-4,6,8-14H2. The second-order valence-corrected chi connectivity index (χ2v) is 7.64. The average Bonchev–Trinajstić information content (AvgIpc) is 2.56. The van der Waals surface area contributed by atoms with Crippen LogP contribution in [-0.2, 0) is 6.54 Å². The molecule has 0 aromatic heterocycles. The molecule has 0 bridgehead atoms. The molecule has 0 amide bonds. The van der Waals surface area contributed by atoms with Crippen LogP contribution in [0.4, 0.5) is 0 Å². The number of hydrogen-bond acceptors (Lipinski definition) is 3. The second-order valence-electron chi connectivity index (χ2n) is 7.24. The van der Waals surface area contributed by atoms with Gasteiger partial charge >= 0.3 is 0 Å². The third-order valence-corrected chi connectivity index (χ3v) is 5.76. The fourth-order valence-corrected chi connectivity index (χ4v) is 4.14. The summed E-state index contributed by atoms with van der Waals surface area (Å²) in [5.41, 5.74) is 1.23. The van der Waals surface area contributed by atoms with Crippen LogP contribution >= 0.6 is 11.6 Å². The number of benzene rings is 1. The molecule has 1 saturated heterocycles. The number of aliphatic hydroxyl groups excluding tert-OH is 1. The molecule has 128 valence electrons. The molecule has 2 aliphatic rings. The highest BCUT2D eigenvalue weighted by Gasteiger charge is 2.23. The fraction of sp³-hybridized carbons (Fsp3) is 0.684. The third-order valence-electron chi connectivity index (χ3n) is 5.39. The van der Waals surface area contributed by atoms with Gasteiger partial charge in [0.05, 0.1) is 6.10 Å². The van der Waals surface area contributed by atoms with Crippen LogP contribution in [0.1, 0.15) is 44.1 Å². The molecule has 0 radical (unpaired) electrons. The molecule has 2 fully saturated rings. The Morgan fingerprint density at radius 3 is 2.65 bits per heavy atom. The van der Waals surface area contributed by atoms with Crippen molar-refractivity contribution in [3.05, 3.63) is 34.9 Å². The lowest BCUT2D eigenvalue weighted by atomic mass is 9.87. The molecular formula is C19H29ClN2O. The predicted molar refractivity (Wildman–Crippen MR) is 95.7 cm³/mol. The van der Waals surface area contributed by atoms with Gasteiger partial charge in [0.25, 0.3) is 0 Å². The highest BCUT2D eigenvalue weighted by atomic mass is 35.5. The van der Waals surface area contributed by atoms with Crippen LogP contribution < -0.4 is 5.32 Å². The summed E-state index contributed by atoms with van der Waals surface area (Å²) < 4.78 is 0. The Balaban J connectivity index is 1.38. The maximum atomic E-state index is 9.77. The summed E-state index contributed by atoms with van der Waals surface area (Å²) in [5, 5.41) is 14.4. The fourth-order valence-electron chi connectivity index (χ4n) is 3.94. The molecular weight excluding hydrogens is 308 g/mol. The number of nitrogens with zero attached hydrogens (tertiary/aromatic N) is 1. The molecule has 1 heterocycles. The van der Waals surface area contributed by atoms with Gasteiger partial charge in [-0.2, -0.15) is 0 Å². The molecule has 0 spiro atoms. The molecule has 1 aliphatic carbocycles. The van der Waals surface area contributed by atoms with Gasteiger partial charge in [-0.15, -0.1) is 0 Å². The van der Waals surface area contributed by atoms with Gasteiger partial charge in [0.2, 0.25) is 0 Å². The zero-order chi connectivity index (χ0) is 16.1. The summed E-state index contributed by atoms with van der Waals surface area (Å²) in [7, 11) is 0. The summed E-state index contributed by atoms with van der Waals surface area (Å²) in [6.07, 6.45) is 6.79. The van der Waals surface area contributed by atoms with Crippen molar-refractivity contribution in [3.8, 4) is 0 Å². The van der Waals surface area contributed by atoms with E-state index in [1.807, 2.05) is 12.1 Å². The van der Waals surface area contributed by atoms with Crippen LogP contribution in [0.25, 0.3) is 0 Å². The Hall–Kier alpha value is -0.610. The smallest absolute Gasteiger partial charge is 0.0543 e. The monoisotopic (exact) mass is 336 g/mol. The molecule has 23 heavy (non-hydrogen) atoms. The van der Waals surface area contributed by atoms with E-state index in [1.165, 1.54) is 31.2 Å². The maximum Gasteiger partial charge on any atom is 0.0543 e. The van der Waals surface area contributed by atoms with Gasteiger partial charge in [-0.25, -0.2) is 0 Å². The topological polar surface area (TPSA) is 35.5 Å². The van der Waals surface area contributed by atoms with Crippen molar-refractivity contribution in [1.29, 1.82) is 0 Å². The number of aliphatic hydroxyl groups is 1. The first-order chi connectivity index (χ1) is 11.2. The predicted octanol–water partition coefficient (Wildman–Crippen LogP) is 3.45. The summed E-state index contributed by atoms with van der Waals surface area (Å²) in [5.74, 6) is 0.667. The van der Waals surface area contributed by atoms with Crippen molar-refractivity contribution in [2.45, 2.75) is 57.2 Å². The zero-order valence-corrected chi connectivity index (χ0v) is 14.6. The molecule has 1 aromatic rings. The van der Waals surface area contributed by atoms with E-state index in [2.05, 4.69) is 22.3 Å². The molecule has 4 heteroatoms. The Morgan fingerprint density at radius 1 is 1.13 bits per heavy atom. The largest absolute Gasteiger partial charge is 0.393 e. The SMILES string of the molecule is OC1CCCC(CNC2CCN(Cc3ccccc3Cl)CC2)C1. The Kier molecular flexibility index (Phi) is 6.35. The van der Waals surface area contributed by atoms with Crippen molar-refractivity contribution in [1.82, 2.24) is 10.2 Å². The average molecular weight is 337 g/mol. The number of piperidine rings is 1. The highest BCUT2D eigenvalue weighted by molar-refractivity contribution is 6.31. The van der Waals surface area contributed by atoms with Gasteiger partial charge in [0.1, 0.15) is 0 Å². The quantitative estimate of drug-likeness (QED) is 0.864. The lowest BCUT2D eigenvalue weighted by molar-refractivity contribution is 0.0975. The van der Waals surface area contributed by atoms with Gasteiger partial charge in [-0.05, 0) is 69.3 Å². The minimum Gasteiger partial charge on any atom is -0.393 e. The van der Waals surface area contributed by atoms with Gasteiger partial charge in [0.15, 0.2) is 0 Å². The third kappa shape index (κ3) is 5.18. The number of halogens is 1. The number of hydrogen-bond donors (Lipinski definition) is 2. The second kappa shape index (κ2) is 8.48. The Morgan fingerprint density at radius 2 is 1.91 bits per heavy atom. The van der Waals surface area contributed by atoms with Crippen molar-refractivity contribution in [3.63, 3.8) is 0 Å². The minimum atomic E-state index is -0.0620. The minimum absolute atomic E-state index is 0.0620. The number of rotatable bonds is 5. The zero-order valence-electron chi connectivity index (χ0n) is 13.9. The van der Waals surface area contributed by atoms with Crippen LogP contribution in [-0.4, -0.2) is 41.8 Å². The molecule has 1 aliphatic heterocycles. The first-order valence-corrected chi connectivity index (χ1v) is 9.45. The lowest BCUT2D eigenvalue weighted by Crippen LogP contribution is -2.44. The van der Waals surface area contributed by atoms with Crippen molar-refractivity contribution in [2.24, 2.45) is 5.92 Å². The molecule has 2 N–H and O–H groups in total. The van der Waals surface area contributed by atoms with Crippen LogP contribution in [0.2, 0.25) is 5.02 Å². The van der Waals surface area contributed by atoms with E-state index in [0.717, 1.165) is 44.0 Å².